The molecule has 2 saturated heterocycles. The zero-order valence-electron chi connectivity index (χ0n) is 11.0. The minimum Gasteiger partial charge on any atom is -0.377 e. The lowest BCUT2D eigenvalue weighted by Crippen LogP contribution is -2.50. The van der Waals surface area contributed by atoms with Crippen molar-refractivity contribution in [1.29, 1.82) is 0 Å². The summed E-state index contributed by atoms with van der Waals surface area (Å²) < 4.78 is 36.9. The molecular formula is C11H23ClN2O4S. The van der Waals surface area contributed by atoms with Crippen LogP contribution in [0.4, 0.5) is 0 Å². The number of rotatable bonds is 4. The van der Waals surface area contributed by atoms with Gasteiger partial charge in [0.25, 0.3) is 0 Å². The SMILES string of the molecule is Cl.NCC1CN(S(=O)(=O)CC2CCCCO2)CCO1. The van der Waals surface area contributed by atoms with E-state index in [0.29, 0.717) is 32.8 Å². The van der Waals surface area contributed by atoms with E-state index in [1.54, 1.807) is 0 Å². The van der Waals surface area contributed by atoms with Crippen LogP contribution < -0.4 is 5.73 Å². The molecule has 2 rings (SSSR count). The molecule has 19 heavy (non-hydrogen) atoms. The minimum atomic E-state index is -3.25. The average molecular weight is 315 g/mol. The van der Waals surface area contributed by atoms with Crippen molar-refractivity contribution in [2.75, 3.05) is 38.6 Å². The van der Waals surface area contributed by atoms with Gasteiger partial charge in [-0.3, -0.25) is 0 Å². The summed E-state index contributed by atoms with van der Waals surface area (Å²) in [5.41, 5.74) is 5.52. The van der Waals surface area contributed by atoms with Gasteiger partial charge in [-0.1, -0.05) is 0 Å². The van der Waals surface area contributed by atoms with Crippen molar-refractivity contribution in [2.24, 2.45) is 5.73 Å². The number of hydrogen-bond donors (Lipinski definition) is 1. The second kappa shape index (κ2) is 7.75. The highest BCUT2D eigenvalue weighted by atomic mass is 35.5. The second-order valence-corrected chi connectivity index (χ2v) is 6.87. The van der Waals surface area contributed by atoms with Crippen LogP contribution >= 0.6 is 12.4 Å². The van der Waals surface area contributed by atoms with Gasteiger partial charge in [0.2, 0.25) is 10.0 Å². The van der Waals surface area contributed by atoms with Crippen LogP contribution in [0.2, 0.25) is 0 Å². The minimum absolute atomic E-state index is 0. The van der Waals surface area contributed by atoms with Crippen LogP contribution in [0.1, 0.15) is 19.3 Å². The van der Waals surface area contributed by atoms with Gasteiger partial charge in [0.1, 0.15) is 0 Å². The number of hydrogen-bond acceptors (Lipinski definition) is 5. The Morgan fingerprint density at radius 1 is 1.16 bits per heavy atom. The van der Waals surface area contributed by atoms with Crippen molar-refractivity contribution >= 4 is 22.4 Å². The predicted octanol–water partition coefficient (Wildman–Crippen LogP) is -0.0334. The monoisotopic (exact) mass is 314 g/mol. The number of ether oxygens (including phenoxy) is 2. The van der Waals surface area contributed by atoms with Gasteiger partial charge in [-0.2, -0.15) is 4.31 Å². The lowest BCUT2D eigenvalue weighted by atomic mass is 10.1. The van der Waals surface area contributed by atoms with Crippen LogP contribution in [0.5, 0.6) is 0 Å². The lowest BCUT2D eigenvalue weighted by Gasteiger charge is -2.33. The summed E-state index contributed by atoms with van der Waals surface area (Å²) in [5.74, 6) is 0.0876. The van der Waals surface area contributed by atoms with Crippen LogP contribution in [-0.4, -0.2) is 63.5 Å². The Balaban J connectivity index is 0.00000180. The fourth-order valence-corrected chi connectivity index (χ4v) is 4.06. The van der Waals surface area contributed by atoms with E-state index in [9.17, 15) is 8.42 Å². The number of nitrogens with two attached hydrogens (primary N) is 1. The quantitative estimate of drug-likeness (QED) is 0.788. The first-order chi connectivity index (χ1) is 8.62. The molecule has 0 amide bonds. The van der Waals surface area contributed by atoms with E-state index in [-0.39, 0.29) is 30.4 Å². The van der Waals surface area contributed by atoms with Gasteiger partial charge in [-0.15, -0.1) is 12.4 Å². The summed E-state index contributed by atoms with van der Waals surface area (Å²) >= 11 is 0. The zero-order valence-corrected chi connectivity index (χ0v) is 12.6. The molecular weight excluding hydrogens is 292 g/mol. The van der Waals surface area contributed by atoms with E-state index in [1.165, 1.54) is 4.31 Å². The zero-order chi connectivity index (χ0) is 13.0. The fraction of sp³-hybridized carbons (Fsp3) is 1.00. The highest BCUT2D eigenvalue weighted by Crippen LogP contribution is 2.17. The maximum Gasteiger partial charge on any atom is 0.216 e. The standard InChI is InChI=1S/C11H22N2O4S.ClH/c12-7-11-8-13(4-6-17-11)18(14,15)9-10-3-1-2-5-16-10;/h10-11H,1-9,12H2;1H. The molecule has 0 bridgehead atoms. The van der Waals surface area contributed by atoms with Crippen LogP contribution in [0.15, 0.2) is 0 Å². The molecule has 0 aromatic heterocycles. The molecule has 2 heterocycles. The van der Waals surface area contributed by atoms with E-state index in [0.717, 1.165) is 19.3 Å². The van der Waals surface area contributed by atoms with E-state index in [1.807, 2.05) is 0 Å². The van der Waals surface area contributed by atoms with Gasteiger partial charge >= 0.3 is 0 Å². The third kappa shape index (κ3) is 4.84. The second-order valence-electron chi connectivity index (χ2n) is 4.85. The Morgan fingerprint density at radius 2 is 1.89 bits per heavy atom. The van der Waals surface area contributed by atoms with Gasteiger partial charge < -0.3 is 15.2 Å². The van der Waals surface area contributed by atoms with Crippen molar-refractivity contribution < 1.29 is 17.9 Å². The molecule has 2 unspecified atom stereocenters. The van der Waals surface area contributed by atoms with Gasteiger partial charge in [-0.05, 0) is 19.3 Å². The van der Waals surface area contributed by atoms with Crippen LogP contribution in [0.3, 0.4) is 0 Å². The summed E-state index contributed by atoms with van der Waals surface area (Å²) in [4.78, 5) is 0. The molecule has 2 atom stereocenters. The Bertz CT molecular complexity index is 360. The third-order valence-electron chi connectivity index (χ3n) is 3.43. The maximum absolute atomic E-state index is 12.3. The molecule has 2 aliphatic heterocycles. The Hall–Kier alpha value is 0.0800. The Morgan fingerprint density at radius 3 is 2.53 bits per heavy atom. The summed E-state index contributed by atoms with van der Waals surface area (Å²) in [6, 6.07) is 0. The van der Waals surface area contributed by atoms with Gasteiger partial charge in [-0.25, -0.2) is 8.42 Å². The molecule has 2 fully saturated rings. The predicted molar refractivity (Wildman–Crippen MR) is 75.0 cm³/mol. The van der Waals surface area contributed by atoms with E-state index < -0.39 is 10.0 Å². The van der Waals surface area contributed by atoms with E-state index in [2.05, 4.69) is 0 Å². The number of sulfonamides is 1. The third-order valence-corrected chi connectivity index (χ3v) is 5.34. The number of morpholine rings is 1. The molecule has 8 heteroatoms. The molecule has 2 N–H and O–H groups in total. The Kier molecular flexibility index (Phi) is 6.99. The normalized spacial score (nSPS) is 29.7. The van der Waals surface area contributed by atoms with Gasteiger partial charge in [0, 0.05) is 26.2 Å². The summed E-state index contributed by atoms with van der Waals surface area (Å²) in [6.45, 7) is 2.24. The Labute approximate surface area is 121 Å². The lowest BCUT2D eigenvalue weighted by molar-refractivity contribution is 0.00240. The van der Waals surface area contributed by atoms with Crippen molar-refractivity contribution in [3.8, 4) is 0 Å². The van der Waals surface area contributed by atoms with Crippen LogP contribution in [0, 0.1) is 0 Å². The first-order valence-electron chi connectivity index (χ1n) is 6.53. The molecule has 0 aromatic carbocycles. The number of halogens is 1. The van der Waals surface area contributed by atoms with Crippen molar-refractivity contribution in [2.45, 2.75) is 31.5 Å². The molecule has 0 spiro atoms. The van der Waals surface area contributed by atoms with Crippen LogP contribution in [0.25, 0.3) is 0 Å². The molecule has 114 valence electrons. The van der Waals surface area contributed by atoms with Gasteiger partial charge in [0.15, 0.2) is 0 Å². The van der Waals surface area contributed by atoms with E-state index in [4.69, 9.17) is 15.2 Å². The summed E-state index contributed by atoms with van der Waals surface area (Å²) in [7, 11) is -3.25. The van der Waals surface area contributed by atoms with Crippen LogP contribution in [-0.2, 0) is 19.5 Å². The molecule has 0 aromatic rings. The van der Waals surface area contributed by atoms with E-state index >= 15 is 0 Å². The highest BCUT2D eigenvalue weighted by molar-refractivity contribution is 7.89. The summed E-state index contributed by atoms with van der Waals surface area (Å²) in [5, 5.41) is 0. The molecule has 2 aliphatic rings. The van der Waals surface area contributed by atoms with Crippen molar-refractivity contribution in [1.82, 2.24) is 4.31 Å². The van der Waals surface area contributed by atoms with Crippen molar-refractivity contribution in [3.05, 3.63) is 0 Å². The van der Waals surface area contributed by atoms with Crippen molar-refractivity contribution in [3.63, 3.8) is 0 Å². The largest absolute Gasteiger partial charge is 0.377 e. The summed E-state index contributed by atoms with van der Waals surface area (Å²) in [6.07, 6.45) is 2.59. The first kappa shape index (κ1) is 17.1. The smallest absolute Gasteiger partial charge is 0.216 e. The molecule has 6 nitrogen and oxygen atoms in total. The fourth-order valence-electron chi connectivity index (χ4n) is 2.37. The molecule has 0 aliphatic carbocycles. The topological polar surface area (TPSA) is 81.9 Å². The first-order valence-corrected chi connectivity index (χ1v) is 8.14. The maximum atomic E-state index is 12.3. The molecule has 0 saturated carbocycles. The van der Waals surface area contributed by atoms with Gasteiger partial charge in [0.05, 0.1) is 24.6 Å². The average Bonchev–Trinajstić information content (AvgIpc) is 2.39. The number of nitrogens with zero attached hydrogens (tertiary/aromatic N) is 1. The molecule has 0 radical (unpaired) electrons. The highest BCUT2D eigenvalue weighted by Gasteiger charge is 2.31.